The minimum atomic E-state index is -3.76. The number of sulfonamides is 1. The van der Waals surface area contributed by atoms with Crippen molar-refractivity contribution in [3.05, 3.63) is 64.6 Å². The summed E-state index contributed by atoms with van der Waals surface area (Å²) in [6, 6.07) is 8.19. The van der Waals surface area contributed by atoms with E-state index in [-0.39, 0.29) is 42.7 Å². The monoisotopic (exact) mass is 391 g/mol. The summed E-state index contributed by atoms with van der Waals surface area (Å²) >= 11 is 0. The average molecular weight is 391 g/mol. The van der Waals surface area contributed by atoms with Crippen LogP contribution in [0.25, 0.3) is 6.08 Å². The molecule has 1 aliphatic heterocycles. The van der Waals surface area contributed by atoms with Crippen LogP contribution in [0.3, 0.4) is 0 Å². The van der Waals surface area contributed by atoms with E-state index < -0.39 is 14.9 Å². The molecule has 1 saturated heterocycles. The fourth-order valence-corrected chi connectivity index (χ4v) is 4.10. The highest BCUT2D eigenvalue weighted by atomic mass is 32.2. The molecule has 2 aromatic rings. The number of hydrogen-bond acceptors (Lipinski definition) is 6. The Hall–Kier alpha value is -2.98. The Morgan fingerprint density at radius 2 is 1.78 bits per heavy atom. The van der Waals surface area contributed by atoms with E-state index in [2.05, 4.69) is 0 Å². The first kappa shape index (κ1) is 18.8. The van der Waals surface area contributed by atoms with Gasteiger partial charge in [-0.3, -0.25) is 14.9 Å². The molecule has 9 nitrogen and oxygen atoms in total. The van der Waals surface area contributed by atoms with Gasteiger partial charge in [0.15, 0.2) is 0 Å². The topological polar surface area (TPSA) is 114 Å². The van der Waals surface area contributed by atoms with Gasteiger partial charge >= 0.3 is 0 Å². The molecule has 3 rings (SSSR count). The summed E-state index contributed by atoms with van der Waals surface area (Å²) in [6.45, 7) is 0.820. The third-order valence-electron chi connectivity index (χ3n) is 4.17. The molecule has 142 valence electrons. The zero-order chi connectivity index (χ0) is 19.4. The van der Waals surface area contributed by atoms with Crippen molar-refractivity contribution in [2.45, 2.75) is 4.90 Å². The van der Waals surface area contributed by atoms with Crippen LogP contribution in [0.15, 0.2) is 58.1 Å². The first-order valence-electron chi connectivity index (χ1n) is 8.13. The molecule has 0 atom stereocenters. The zero-order valence-corrected chi connectivity index (χ0v) is 15.0. The first-order chi connectivity index (χ1) is 12.9. The van der Waals surface area contributed by atoms with Crippen LogP contribution >= 0.6 is 0 Å². The molecule has 1 aliphatic rings. The second-order valence-electron chi connectivity index (χ2n) is 5.83. The molecule has 0 saturated carbocycles. The van der Waals surface area contributed by atoms with Crippen LogP contribution in [-0.2, 0) is 14.8 Å². The van der Waals surface area contributed by atoms with E-state index in [0.29, 0.717) is 5.76 Å². The lowest BCUT2D eigenvalue weighted by Crippen LogP contribution is -2.50. The van der Waals surface area contributed by atoms with E-state index >= 15 is 0 Å². The van der Waals surface area contributed by atoms with Crippen molar-refractivity contribution in [1.82, 2.24) is 9.21 Å². The number of benzene rings is 1. The van der Waals surface area contributed by atoms with Crippen LogP contribution < -0.4 is 0 Å². The lowest BCUT2D eigenvalue weighted by molar-refractivity contribution is -0.384. The number of piperazine rings is 1. The Bertz CT molecular complexity index is 943. The standard InChI is InChI=1S/C17H17N3O6S/c21-17(8-5-15-2-1-13-26-15)18-9-11-19(12-10-18)27(24,25)16-6-3-14(4-7-16)20(22)23/h1-8,13H,9-12H2. The Morgan fingerprint density at radius 3 is 2.33 bits per heavy atom. The number of amides is 1. The molecule has 27 heavy (non-hydrogen) atoms. The SMILES string of the molecule is O=C(C=Cc1ccco1)N1CCN(S(=O)(=O)c2ccc([N+](=O)[O-])cc2)CC1. The van der Waals surface area contributed by atoms with Gasteiger partial charge in [-0.1, -0.05) is 0 Å². The Labute approximate surface area is 155 Å². The minimum absolute atomic E-state index is 0.00871. The van der Waals surface area contributed by atoms with E-state index in [0.717, 1.165) is 12.1 Å². The van der Waals surface area contributed by atoms with Gasteiger partial charge in [0.1, 0.15) is 5.76 Å². The fraction of sp³-hybridized carbons (Fsp3) is 0.235. The molecular weight excluding hydrogens is 374 g/mol. The van der Waals surface area contributed by atoms with Crippen LogP contribution in [0.2, 0.25) is 0 Å². The number of rotatable bonds is 5. The normalized spacial score (nSPS) is 15.9. The van der Waals surface area contributed by atoms with Crippen LogP contribution in [-0.4, -0.2) is 54.6 Å². The van der Waals surface area contributed by atoms with Gasteiger partial charge in [0, 0.05) is 44.4 Å². The number of nitrogens with zero attached hydrogens (tertiary/aromatic N) is 3. The molecule has 0 bridgehead atoms. The van der Waals surface area contributed by atoms with Gasteiger partial charge in [-0.25, -0.2) is 8.42 Å². The highest BCUT2D eigenvalue weighted by Crippen LogP contribution is 2.21. The quantitative estimate of drug-likeness (QED) is 0.436. The molecule has 0 spiro atoms. The molecule has 1 fully saturated rings. The molecule has 0 aliphatic carbocycles. The van der Waals surface area contributed by atoms with E-state index in [9.17, 15) is 23.3 Å². The number of hydrogen-bond donors (Lipinski definition) is 0. The minimum Gasteiger partial charge on any atom is -0.465 e. The van der Waals surface area contributed by atoms with Crippen molar-refractivity contribution in [1.29, 1.82) is 0 Å². The second-order valence-corrected chi connectivity index (χ2v) is 7.77. The van der Waals surface area contributed by atoms with Gasteiger partial charge in [0.05, 0.1) is 16.1 Å². The molecule has 0 radical (unpaired) electrons. The van der Waals surface area contributed by atoms with Gasteiger partial charge in [-0.05, 0) is 30.3 Å². The Kier molecular flexibility index (Phi) is 5.38. The molecule has 0 N–H and O–H groups in total. The number of nitro groups is 1. The average Bonchev–Trinajstić information content (AvgIpc) is 3.20. The van der Waals surface area contributed by atoms with Crippen LogP contribution in [0.1, 0.15) is 5.76 Å². The van der Waals surface area contributed by atoms with E-state index in [1.807, 2.05) is 0 Å². The fourth-order valence-electron chi connectivity index (χ4n) is 2.68. The van der Waals surface area contributed by atoms with Crippen molar-refractivity contribution >= 4 is 27.7 Å². The Balaban J connectivity index is 1.62. The van der Waals surface area contributed by atoms with Crippen LogP contribution in [0, 0.1) is 10.1 Å². The van der Waals surface area contributed by atoms with Gasteiger partial charge in [0.25, 0.3) is 5.69 Å². The molecule has 0 unspecified atom stereocenters. The number of non-ortho nitro benzene ring substituents is 1. The summed E-state index contributed by atoms with van der Waals surface area (Å²) in [4.78, 5) is 23.8. The third-order valence-corrected chi connectivity index (χ3v) is 6.08. The number of nitro benzene ring substituents is 1. The first-order valence-corrected chi connectivity index (χ1v) is 9.57. The van der Waals surface area contributed by atoms with Crippen molar-refractivity contribution in [2.75, 3.05) is 26.2 Å². The van der Waals surface area contributed by atoms with E-state index in [4.69, 9.17) is 4.42 Å². The highest BCUT2D eigenvalue weighted by molar-refractivity contribution is 7.89. The predicted molar refractivity (Wildman–Crippen MR) is 96.2 cm³/mol. The summed E-state index contributed by atoms with van der Waals surface area (Å²) < 4.78 is 31.7. The van der Waals surface area contributed by atoms with Crippen molar-refractivity contribution in [3.63, 3.8) is 0 Å². The number of carbonyl (C=O) groups is 1. The molecule has 1 amide bonds. The van der Waals surface area contributed by atoms with E-state index in [1.54, 1.807) is 23.1 Å². The van der Waals surface area contributed by atoms with E-state index in [1.165, 1.54) is 28.8 Å². The third kappa shape index (κ3) is 4.23. The summed E-state index contributed by atoms with van der Waals surface area (Å²) in [6.07, 6.45) is 4.45. The van der Waals surface area contributed by atoms with Gasteiger partial charge in [-0.15, -0.1) is 0 Å². The maximum absolute atomic E-state index is 12.7. The van der Waals surface area contributed by atoms with Crippen molar-refractivity contribution in [3.8, 4) is 0 Å². The maximum atomic E-state index is 12.7. The summed E-state index contributed by atoms with van der Waals surface area (Å²) in [7, 11) is -3.76. The van der Waals surface area contributed by atoms with Gasteiger partial charge < -0.3 is 9.32 Å². The molecule has 1 aromatic carbocycles. The predicted octanol–water partition coefficient (Wildman–Crippen LogP) is 1.73. The summed E-state index contributed by atoms with van der Waals surface area (Å²) in [5, 5.41) is 10.7. The molecule has 1 aromatic heterocycles. The zero-order valence-electron chi connectivity index (χ0n) is 14.2. The second kappa shape index (κ2) is 7.72. The molecule has 2 heterocycles. The van der Waals surface area contributed by atoms with Crippen LogP contribution in [0.5, 0.6) is 0 Å². The van der Waals surface area contributed by atoms with Crippen LogP contribution in [0.4, 0.5) is 5.69 Å². The summed E-state index contributed by atoms with van der Waals surface area (Å²) in [5.74, 6) is 0.335. The lowest BCUT2D eigenvalue weighted by Gasteiger charge is -2.33. The smallest absolute Gasteiger partial charge is 0.269 e. The maximum Gasteiger partial charge on any atom is 0.269 e. The molecule has 10 heteroatoms. The van der Waals surface area contributed by atoms with Gasteiger partial charge in [0.2, 0.25) is 15.9 Å². The van der Waals surface area contributed by atoms with Crippen molar-refractivity contribution in [2.24, 2.45) is 0 Å². The summed E-state index contributed by atoms with van der Waals surface area (Å²) in [5.41, 5.74) is -0.173. The Morgan fingerprint density at radius 1 is 1.11 bits per heavy atom. The lowest BCUT2D eigenvalue weighted by atomic mass is 10.3. The van der Waals surface area contributed by atoms with Crippen molar-refractivity contribution < 1.29 is 22.6 Å². The van der Waals surface area contributed by atoms with Gasteiger partial charge in [-0.2, -0.15) is 4.31 Å². The highest BCUT2D eigenvalue weighted by Gasteiger charge is 2.29. The number of furan rings is 1. The molecular formula is C17H17N3O6S. The number of carbonyl (C=O) groups excluding carboxylic acids is 1. The largest absolute Gasteiger partial charge is 0.465 e.